The van der Waals surface area contributed by atoms with Crippen molar-refractivity contribution in [3.63, 3.8) is 0 Å². The van der Waals surface area contributed by atoms with Gasteiger partial charge in [0.25, 0.3) is 0 Å². The molecule has 1 atom stereocenters. The van der Waals surface area contributed by atoms with Gasteiger partial charge in [-0.05, 0) is 0 Å². The second kappa shape index (κ2) is 6.58. The number of anilines is 1. The molecule has 6 nitrogen and oxygen atoms in total. The molecular weight excluding hydrogens is 244 g/mol. The number of hydrogen-bond donors (Lipinski definition) is 2. The van der Waals surface area contributed by atoms with E-state index >= 15 is 0 Å². The Hall–Kier alpha value is -1.11. The largest absolute Gasteiger partial charge is 0.375 e. The number of ether oxygens (including phenoxy) is 1. The Balaban J connectivity index is 0.00000144. The Morgan fingerprint density at radius 2 is 2.59 bits per heavy atom. The molecule has 0 saturated carbocycles. The summed E-state index contributed by atoms with van der Waals surface area (Å²) >= 11 is 0. The lowest BCUT2D eigenvalue weighted by molar-refractivity contribution is -0.119. The van der Waals surface area contributed by atoms with Crippen LogP contribution >= 0.6 is 12.4 Å². The van der Waals surface area contributed by atoms with Crippen molar-refractivity contribution in [3.05, 3.63) is 12.3 Å². The fourth-order valence-corrected chi connectivity index (χ4v) is 1.63. The number of nitrogens with zero attached hydrogens (tertiary/aromatic N) is 2. The first-order valence-corrected chi connectivity index (χ1v) is 5.36. The molecular formula is C10H17ClN4O2. The third kappa shape index (κ3) is 4.33. The molecule has 0 aromatic carbocycles. The van der Waals surface area contributed by atoms with Crippen LogP contribution < -0.4 is 10.6 Å². The van der Waals surface area contributed by atoms with Gasteiger partial charge in [0.1, 0.15) is 0 Å². The van der Waals surface area contributed by atoms with Gasteiger partial charge in [0.2, 0.25) is 5.91 Å². The molecule has 0 bridgehead atoms. The molecule has 96 valence electrons. The van der Waals surface area contributed by atoms with Crippen LogP contribution in [0.5, 0.6) is 0 Å². The van der Waals surface area contributed by atoms with E-state index in [0.717, 1.165) is 13.1 Å². The number of halogens is 1. The predicted octanol–water partition coefficient (Wildman–Crippen LogP) is 0.159. The van der Waals surface area contributed by atoms with E-state index in [1.165, 1.54) is 0 Å². The van der Waals surface area contributed by atoms with Crippen molar-refractivity contribution in [2.24, 2.45) is 7.05 Å². The maximum Gasteiger partial charge on any atom is 0.228 e. The van der Waals surface area contributed by atoms with Gasteiger partial charge in [-0.2, -0.15) is 5.10 Å². The maximum absolute atomic E-state index is 11.6. The van der Waals surface area contributed by atoms with Gasteiger partial charge >= 0.3 is 0 Å². The second-order valence-electron chi connectivity index (χ2n) is 3.82. The number of aromatic nitrogens is 2. The third-order valence-electron chi connectivity index (χ3n) is 2.40. The topological polar surface area (TPSA) is 68.2 Å². The van der Waals surface area contributed by atoms with Crippen molar-refractivity contribution < 1.29 is 9.53 Å². The lowest BCUT2D eigenvalue weighted by atomic mass is 10.2. The Bertz CT molecular complexity index is 363. The molecule has 1 unspecified atom stereocenters. The number of carbonyl (C=O) groups is 1. The highest BCUT2D eigenvalue weighted by Gasteiger charge is 2.17. The predicted molar refractivity (Wildman–Crippen MR) is 66.3 cm³/mol. The molecule has 1 aliphatic heterocycles. The van der Waals surface area contributed by atoms with Crippen LogP contribution in [0.15, 0.2) is 12.3 Å². The molecule has 2 rings (SSSR count). The molecule has 2 heterocycles. The average molecular weight is 261 g/mol. The van der Waals surface area contributed by atoms with Crippen LogP contribution in [0.3, 0.4) is 0 Å². The summed E-state index contributed by atoms with van der Waals surface area (Å²) < 4.78 is 7.09. The quantitative estimate of drug-likeness (QED) is 0.812. The average Bonchev–Trinajstić information content (AvgIpc) is 2.65. The van der Waals surface area contributed by atoms with Gasteiger partial charge in [0.05, 0.1) is 19.1 Å². The lowest BCUT2D eigenvalue weighted by Gasteiger charge is -2.22. The fraction of sp³-hybridized carbons (Fsp3) is 0.600. The third-order valence-corrected chi connectivity index (χ3v) is 2.40. The Kier molecular flexibility index (Phi) is 5.40. The molecule has 1 aliphatic rings. The summed E-state index contributed by atoms with van der Waals surface area (Å²) in [6.07, 6.45) is 2.12. The van der Waals surface area contributed by atoms with Crippen molar-refractivity contribution in [2.75, 3.05) is 25.0 Å². The minimum Gasteiger partial charge on any atom is -0.375 e. The van der Waals surface area contributed by atoms with Gasteiger partial charge in [-0.1, -0.05) is 0 Å². The second-order valence-corrected chi connectivity index (χ2v) is 3.82. The zero-order chi connectivity index (χ0) is 11.4. The van der Waals surface area contributed by atoms with Crippen molar-refractivity contribution in [1.82, 2.24) is 15.1 Å². The number of amides is 1. The molecule has 17 heavy (non-hydrogen) atoms. The minimum atomic E-state index is -0.0626. The van der Waals surface area contributed by atoms with E-state index in [-0.39, 0.29) is 24.4 Å². The number of aryl methyl sites for hydroxylation is 1. The lowest BCUT2D eigenvalue weighted by Crippen LogP contribution is -2.40. The van der Waals surface area contributed by atoms with Crippen LogP contribution in [-0.4, -0.2) is 41.5 Å². The van der Waals surface area contributed by atoms with Gasteiger partial charge in [-0.3, -0.25) is 9.48 Å². The highest BCUT2D eigenvalue weighted by Crippen LogP contribution is 2.05. The van der Waals surface area contributed by atoms with E-state index in [2.05, 4.69) is 15.7 Å². The zero-order valence-corrected chi connectivity index (χ0v) is 10.5. The van der Waals surface area contributed by atoms with Crippen LogP contribution in [0.4, 0.5) is 5.82 Å². The van der Waals surface area contributed by atoms with Gasteiger partial charge in [-0.25, -0.2) is 0 Å². The van der Waals surface area contributed by atoms with E-state index in [9.17, 15) is 4.79 Å². The van der Waals surface area contributed by atoms with Crippen molar-refractivity contribution in [1.29, 1.82) is 0 Å². The number of nitrogens with one attached hydrogen (secondary N) is 2. The maximum atomic E-state index is 11.6. The Morgan fingerprint density at radius 1 is 1.76 bits per heavy atom. The van der Waals surface area contributed by atoms with Gasteiger partial charge < -0.3 is 15.4 Å². The molecule has 1 aromatic heterocycles. The normalized spacial score (nSPS) is 19.5. The zero-order valence-electron chi connectivity index (χ0n) is 9.68. The Morgan fingerprint density at radius 3 is 3.18 bits per heavy atom. The first-order chi connectivity index (χ1) is 7.74. The van der Waals surface area contributed by atoms with Crippen LogP contribution in [0.2, 0.25) is 0 Å². The standard InChI is InChI=1S/C10H16N4O2.ClH/c1-14-4-2-9(13-14)12-10(15)6-8-7-11-3-5-16-8;/h2,4,8,11H,3,5-7H2,1H3,(H,12,13,15);1H. The fourth-order valence-electron chi connectivity index (χ4n) is 1.63. The number of morpholine rings is 1. The summed E-state index contributed by atoms with van der Waals surface area (Å²) in [5.74, 6) is 0.517. The van der Waals surface area contributed by atoms with Gasteiger partial charge in [-0.15, -0.1) is 12.4 Å². The van der Waals surface area contributed by atoms with E-state index < -0.39 is 0 Å². The van der Waals surface area contributed by atoms with Crippen molar-refractivity contribution in [2.45, 2.75) is 12.5 Å². The van der Waals surface area contributed by atoms with E-state index in [1.54, 1.807) is 16.9 Å². The molecule has 1 aromatic rings. The molecule has 1 amide bonds. The molecule has 0 radical (unpaired) electrons. The van der Waals surface area contributed by atoms with Crippen LogP contribution in [-0.2, 0) is 16.6 Å². The molecule has 1 saturated heterocycles. The summed E-state index contributed by atoms with van der Waals surface area (Å²) in [6, 6.07) is 1.76. The molecule has 0 aliphatic carbocycles. The number of carbonyl (C=O) groups excluding carboxylic acids is 1. The summed E-state index contributed by atoms with van der Waals surface area (Å²) in [5, 5.41) is 9.99. The highest BCUT2D eigenvalue weighted by atomic mass is 35.5. The van der Waals surface area contributed by atoms with Gasteiger partial charge in [0, 0.05) is 32.4 Å². The van der Waals surface area contributed by atoms with E-state index in [0.29, 0.717) is 18.8 Å². The molecule has 0 spiro atoms. The van der Waals surface area contributed by atoms with E-state index in [1.807, 2.05) is 7.05 Å². The van der Waals surface area contributed by atoms with Crippen LogP contribution in [0.1, 0.15) is 6.42 Å². The van der Waals surface area contributed by atoms with Crippen LogP contribution in [0.25, 0.3) is 0 Å². The highest BCUT2D eigenvalue weighted by molar-refractivity contribution is 5.90. The minimum absolute atomic E-state index is 0. The molecule has 2 N–H and O–H groups in total. The van der Waals surface area contributed by atoms with Gasteiger partial charge in [0.15, 0.2) is 5.82 Å². The smallest absolute Gasteiger partial charge is 0.228 e. The first kappa shape index (κ1) is 14.0. The summed E-state index contributed by atoms with van der Waals surface area (Å²) in [5.41, 5.74) is 0. The van der Waals surface area contributed by atoms with Crippen molar-refractivity contribution >= 4 is 24.1 Å². The SMILES string of the molecule is Cl.Cn1ccc(NC(=O)CC2CNCCO2)n1. The monoisotopic (exact) mass is 260 g/mol. The van der Waals surface area contributed by atoms with Crippen LogP contribution in [0, 0.1) is 0 Å². The number of hydrogen-bond acceptors (Lipinski definition) is 4. The first-order valence-electron chi connectivity index (χ1n) is 5.36. The van der Waals surface area contributed by atoms with Crippen molar-refractivity contribution in [3.8, 4) is 0 Å². The Labute approximate surface area is 106 Å². The molecule has 1 fully saturated rings. The molecule has 7 heteroatoms. The summed E-state index contributed by atoms with van der Waals surface area (Å²) in [7, 11) is 1.81. The number of rotatable bonds is 3. The summed E-state index contributed by atoms with van der Waals surface area (Å²) in [6.45, 7) is 2.26. The summed E-state index contributed by atoms with van der Waals surface area (Å²) in [4.78, 5) is 11.6. The van der Waals surface area contributed by atoms with E-state index in [4.69, 9.17) is 4.74 Å².